The van der Waals surface area contributed by atoms with Gasteiger partial charge >= 0.3 is 0 Å². The molecule has 1 aliphatic rings. The van der Waals surface area contributed by atoms with Gasteiger partial charge in [-0.25, -0.2) is 9.50 Å². The molecule has 0 saturated carbocycles. The molecule has 0 aliphatic carbocycles. The van der Waals surface area contributed by atoms with Gasteiger partial charge in [0.15, 0.2) is 0 Å². The standard InChI is InChI=1S/C19H19N7O2/c1-11-5-14(12(2)28-11)18-15-9-25(4-3-16(15)23-24-18)17(27)6-13-7-20-19-21-10-22-26(19)8-13/h5,7-8,10H,3-4,6,9H2,1-2H3,(H,23,24). The van der Waals surface area contributed by atoms with Gasteiger partial charge in [0.25, 0.3) is 5.78 Å². The number of fused-ring (bicyclic) bond motifs is 2. The van der Waals surface area contributed by atoms with Crippen molar-refractivity contribution < 1.29 is 9.21 Å². The van der Waals surface area contributed by atoms with Crippen LogP contribution in [0.25, 0.3) is 17.0 Å². The molecule has 0 fully saturated rings. The van der Waals surface area contributed by atoms with E-state index in [9.17, 15) is 4.79 Å². The van der Waals surface area contributed by atoms with Gasteiger partial charge in [0.1, 0.15) is 23.5 Å². The predicted octanol–water partition coefficient (Wildman–Crippen LogP) is 1.85. The summed E-state index contributed by atoms with van der Waals surface area (Å²) < 4.78 is 7.23. The van der Waals surface area contributed by atoms with Crippen LogP contribution in [-0.4, -0.2) is 47.1 Å². The monoisotopic (exact) mass is 377 g/mol. The van der Waals surface area contributed by atoms with Crippen LogP contribution >= 0.6 is 0 Å². The lowest BCUT2D eigenvalue weighted by atomic mass is 10.0. The molecule has 1 N–H and O–H groups in total. The van der Waals surface area contributed by atoms with Gasteiger partial charge in [-0.3, -0.25) is 9.89 Å². The average molecular weight is 377 g/mol. The molecule has 5 heterocycles. The van der Waals surface area contributed by atoms with Crippen molar-refractivity contribution in [2.45, 2.75) is 33.2 Å². The zero-order valence-corrected chi connectivity index (χ0v) is 15.6. The summed E-state index contributed by atoms with van der Waals surface area (Å²) in [4.78, 5) is 23.0. The number of furan rings is 1. The van der Waals surface area contributed by atoms with Crippen LogP contribution in [0.3, 0.4) is 0 Å². The predicted molar refractivity (Wildman–Crippen MR) is 99.4 cm³/mol. The first-order chi connectivity index (χ1) is 13.6. The SMILES string of the molecule is Cc1cc(-c2n[nH]c3c2CN(C(=O)Cc2cnc4ncnn4c2)CC3)c(C)o1. The van der Waals surface area contributed by atoms with Crippen molar-refractivity contribution in [3.8, 4) is 11.3 Å². The number of carbonyl (C=O) groups is 1. The Kier molecular flexibility index (Phi) is 3.75. The van der Waals surface area contributed by atoms with Crippen LogP contribution in [0.1, 0.15) is 28.3 Å². The number of nitrogens with zero attached hydrogens (tertiary/aromatic N) is 6. The highest BCUT2D eigenvalue weighted by Gasteiger charge is 2.27. The quantitative estimate of drug-likeness (QED) is 0.584. The van der Waals surface area contributed by atoms with Crippen LogP contribution in [0.4, 0.5) is 0 Å². The highest BCUT2D eigenvalue weighted by atomic mass is 16.3. The molecule has 4 aromatic rings. The van der Waals surface area contributed by atoms with Crippen LogP contribution in [-0.2, 0) is 24.2 Å². The third kappa shape index (κ3) is 2.75. The molecule has 28 heavy (non-hydrogen) atoms. The van der Waals surface area contributed by atoms with Crippen molar-refractivity contribution in [1.29, 1.82) is 0 Å². The van der Waals surface area contributed by atoms with E-state index in [2.05, 4.69) is 25.3 Å². The first kappa shape index (κ1) is 16.7. The molecule has 142 valence electrons. The van der Waals surface area contributed by atoms with Crippen molar-refractivity contribution in [3.63, 3.8) is 0 Å². The molecule has 9 heteroatoms. The van der Waals surface area contributed by atoms with E-state index in [1.54, 1.807) is 16.9 Å². The molecule has 9 nitrogen and oxygen atoms in total. The van der Waals surface area contributed by atoms with E-state index in [4.69, 9.17) is 4.42 Å². The Hall–Kier alpha value is -3.49. The minimum Gasteiger partial charge on any atom is -0.466 e. The fraction of sp³-hybridized carbons (Fsp3) is 0.316. The molecular formula is C19H19N7O2. The molecule has 1 aliphatic heterocycles. The Bertz CT molecular complexity index is 1190. The van der Waals surface area contributed by atoms with Crippen molar-refractivity contribution in [2.24, 2.45) is 0 Å². The van der Waals surface area contributed by atoms with Gasteiger partial charge in [-0.15, -0.1) is 0 Å². The summed E-state index contributed by atoms with van der Waals surface area (Å²) in [6.45, 7) is 5.05. The van der Waals surface area contributed by atoms with Crippen molar-refractivity contribution >= 4 is 11.7 Å². The Morgan fingerprint density at radius 2 is 2.21 bits per heavy atom. The first-order valence-electron chi connectivity index (χ1n) is 9.14. The molecule has 0 unspecified atom stereocenters. The third-order valence-electron chi connectivity index (χ3n) is 5.13. The maximum Gasteiger partial charge on any atom is 0.252 e. The number of rotatable bonds is 3. The number of aromatic amines is 1. The van der Waals surface area contributed by atoms with Gasteiger partial charge in [0, 0.05) is 48.7 Å². The Balaban J connectivity index is 1.38. The minimum atomic E-state index is 0.0548. The minimum absolute atomic E-state index is 0.0548. The number of carbonyl (C=O) groups excluding carboxylic acids is 1. The molecule has 5 rings (SSSR count). The number of aryl methyl sites for hydroxylation is 2. The van der Waals surface area contributed by atoms with Gasteiger partial charge in [-0.05, 0) is 25.5 Å². The second kappa shape index (κ2) is 6.29. The maximum absolute atomic E-state index is 12.9. The highest BCUT2D eigenvalue weighted by Crippen LogP contribution is 2.32. The summed E-state index contributed by atoms with van der Waals surface area (Å²) in [6.07, 6.45) is 5.95. The van der Waals surface area contributed by atoms with E-state index in [0.717, 1.165) is 46.0 Å². The maximum atomic E-state index is 12.9. The molecule has 4 aromatic heterocycles. The Labute approximate surface area is 160 Å². The lowest BCUT2D eigenvalue weighted by Crippen LogP contribution is -2.37. The second-order valence-corrected chi connectivity index (χ2v) is 7.07. The fourth-order valence-electron chi connectivity index (χ4n) is 3.73. The second-order valence-electron chi connectivity index (χ2n) is 7.07. The zero-order valence-electron chi connectivity index (χ0n) is 15.6. The third-order valence-corrected chi connectivity index (χ3v) is 5.13. The summed E-state index contributed by atoms with van der Waals surface area (Å²) >= 11 is 0. The largest absolute Gasteiger partial charge is 0.466 e. The molecule has 0 aromatic carbocycles. The normalized spacial score (nSPS) is 13.9. The summed E-state index contributed by atoms with van der Waals surface area (Å²) in [7, 11) is 0. The summed E-state index contributed by atoms with van der Waals surface area (Å²) in [5, 5.41) is 11.7. The van der Waals surface area contributed by atoms with Crippen LogP contribution in [0.2, 0.25) is 0 Å². The molecule has 1 amide bonds. The van der Waals surface area contributed by atoms with E-state index in [-0.39, 0.29) is 12.3 Å². The highest BCUT2D eigenvalue weighted by molar-refractivity contribution is 5.79. The van der Waals surface area contributed by atoms with Gasteiger partial charge in [0.05, 0.1) is 6.42 Å². The smallest absolute Gasteiger partial charge is 0.252 e. The number of hydrogen-bond donors (Lipinski definition) is 1. The van der Waals surface area contributed by atoms with Crippen LogP contribution in [0.5, 0.6) is 0 Å². The lowest BCUT2D eigenvalue weighted by Gasteiger charge is -2.27. The van der Waals surface area contributed by atoms with Crippen molar-refractivity contribution in [1.82, 2.24) is 34.7 Å². The number of amides is 1. The van der Waals surface area contributed by atoms with Crippen LogP contribution < -0.4 is 0 Å². The van der Waals surface area contributed by atoms with E-state index in [0.29, 0.717) is 18.9 Å². The molecule has 0 saturated heterocycles. The number of H-pyrrole nitrogens is 1. The number of hydrogen-bond acceptors (Lipinski definition) is 6. The van der Waals surface area contributed by atoms with E-state index in [1.165, 1.54) is 6.33 Å². The Morgan fingerprint density at radius 1 is 1.32 bits per heavy atom. The first-order valence-corrected chi connectivity index (χ1v) is 9.14. The molecule has 0 atom stereocenters. The molecular weight excluding hydrogens is 358 g/mol. The van der Waals surface area contributed by atoms with Crippen molar-refractivity contribution in [3.05, 3.63) is 53.1 Å². The number of aromatic nitrogens is 6. The van der Waals surface area contributed by atoms with Crippen LogP contribution in [0.15, 0.2) is 29.2 Å². The van der Waals surface area contributed by atoms with E-state index in [1.807, 2.05) is 24.8 Å². The van der Waals surface area contributed by atoms with E-state index >= 15 is 0 Å². The van der Waals surface area contributed by atoms with Gasteiger partial charge < -0.3 is 9.32 Å². The van der Waals surface area contributed by atoms with Crippen molar-refractivity contribution in [2.75, 3.05) is 6.54 Å². The van der Waals surface area contributed by atoms with Crippen LogP contribution in [0, 0.1) is 13.8 Å². The summed E-state index contributed by atoms with van der Waals surface area (Å²) in [5.41, 5.74) is 4.80. The molecule has 0 spiro atoms. The zero-order chi connectivity index (χ0) is 19.3. The molecule has 0 bridgehead atoms. The van der Waals surface area contributed by atoms with E-state index < -0.39 is 0 Å². The van der Waals surface area contributed by atoms with Gasteiger partial charge in [-0.1, -0.05) is 0 Å². The number of nitrogens with one attached hydrogen (secondary N) is 1. The summed E-state index contributed by atoms with van der Waals surface area (Å²) in [6, 6.07) is 1.99. The topological polar surface area (TPSA) is 105 Å². The van der Waals surface area contributed by atoms with Gasteiger partial charge in [0.2, 0.25) is 5.91 Å². The molecule has 0 radical (unpaired) electrons. The Morgan fingerprint density at radius 3 is 3.04 bits per heavy atom. The fourth-order valence-corrected chi connectivity index (χ4v) is 3.73. The lowest BCUT2D eigenvalue weighted by molar-refractivity contribution is -0.131. The summed E-state index contributed by atoms with van der Waals surface area (Å²) in [5.74, 6) is 2.26. The average Bonchev–Trinajstić information content (AvgIpc) is 3.38. The van der Waals surface area contributed by atoms with Gasteiger partial charge in [-0.2, -0.15) is 15.2 Å².